The highest BCUT2D eigenvalue weighted by Gasteiger charge is 2.19. The first-order valence-electron chi connectivity index (χ1n) is 7.53. The number of nitrogens with one attached hydrogen (secondary N) is 1. The molecule has 1 saturated heterocycles. The van der Waals surface area contributed by atoms with E-state index in [1.165, 1.54) is 7.11 Å². The topological polar surface area (TPSA) is 84.7 Å². The maximum atomic E-state index is 11.9. The smallest absolute Gasteiger partial charge is 0.239 e. The Bertz CT molecular complexity index is 522. The predicted octanol–water partition coefficient (Wildman–Crippen LogP) is 1.22. The van der Waals surface area contributed by atoms with E-state index in [9.17, 15) is 9.59 Å². The van der Waals surface area contributed by atoms with Gasteiger partial charge in [0.05, 0.1) is 6.61 Å². The molecule has 0 spiro atoms. The van der Waals surface area contributed by atoms with Crippen LogP contribution in [0.3, 0.4) is 0 Å². The number of carbonyl (C=O) groups excluding carboxylic acids is 2. The van der Waals surface area contributed by atoms with Gasteiger partial charge in [-0.2, -0.15) is 0 Å². The van der Waals surface area contributed by atoms with Crippen LogP contribution >= 0.6 is 12.4 Å². The number of hydrogen-bond acceptors (Lipinski definition) is 4. The fourth-order valence-corrected chi connectivity index (χ4v) is 2.45. The number of nitrogens with zero attached hydrogens (tertiary/aromatic N) is 1. The van der Waals surface area contributed by atoms with Crippen LogP contribution in [-0.4, -0.2) is 38.1 Å². The molecule has 23 heavy (non-hydrogen) atoms. The standard InChI is InChI=1S/C16H23N3O3.ClH/c1-22-11-14(17)16(21)18-10-12-5-7-13(8-6-12)19-9-3-2-4-15(19)20;/h5-8,14H,2-4,9-11,17H2,1H3,(H,18,21);1H. The summed E-state index contributed by atoms with van der Waals surface area (Å²) < 4.78 is 4.85. The first kappa shape index (κ1) is 19.4. The van der Waals surface area contributed by atoms with Crippen molar-refractivity contribution in [3.8, 4) is 0 Å². The highest BCUT2D eigenvalue weighted by Crippen LogP contribution is 2.21. The van der Waals surface area contributed by atoms with Crippen molar-refractivity contribution in [2.45, 2.75) is 31.8 Å². The number of benzene rings is 1. The molecule has 1 aliphatic rings. The molecule has 1 aliphatic heterocycles. The molecule has 1 fully saturated rings. The van der Waals surface area contributed by atoms with E-state index in [4.69, 9.17) is 10.5 Å². The fraction of sp³-hybridized carbons (Fsp3) is 0.500. The van der Waals surface area contributed by atoms with Crippen LogP contribution in [0.1, 0.15) is 24.8 Å². The highest BCUT2D eigenvalue weighted by molar-refractivity contribution is 5.93. The van der Waals surface area contributed by atoms with Gasteiger partial charge in [-0.3, -0.25) is 9.59 Å². The van der Waals surface area contributed by atoms with Crippen molar-refractivity contribution < 1.29 is 14.3 Å². The zero-order valence-electron chi connectivity index (χ0n) is 13.3. The lowest BCUT2D eigenvalue weighted by Gasteiger charge is -2.26. The first-order chi connectivity index (χ1) is 10.6. The van der Waals surface area contributed by atoms with Gasteiger partial charge in [-0.1, -0.05) is 12.1 Å². The van der Waals surface area contributed by atoms with Crippen LogP contribution < -0.4 is 16.0 Å². The number of nitrogens with two attached hydrogens (primary N) is 1. The van der Waals surface area contributed by atoms with Gasteiger partial charge in [-0.05, 0) is 30.5 Å². The van der Waals surface area contributed by atoms with Gasteiger partial charge in [-0.15, -0.1) is 12.4 Å². The fourth-order valence-electron chi connectivity index (χ4n) is 2.45. The summed E-state index contributed by atoms with van der Waals surface area (Å²) in [5, 5.41) is 2.77. The van der Waals surface area contributed by atoms with E-state index in [-0.39, 0.29) is 30.8 Å². The first-order valence-corrected chi connectivity index (χ1v) is 7.53. The maximum absolute atomic E-state index is 11.9. The van der Waals surface area contributed by atoms with E-state index in [0.29, 0.717) is 13.0 Å². The molecule has 0 saturated carbocycles. The summed E-state index contributed by atoms with van der Waals surface area (Å²) in [6.07, 6.45) is 2.64. The predicted molar refractivity (Wildman–Crippen MR) is 91.6 cm³/mol. The second-order valence-corrected chi connectivity index (χ2v) is 5.45. The number of piperidine rings is 1. The number of methoxy groups -OCH3 is 1. The van der Waals surface area contributed by atoms with Crippen molar-refractivity contribution >= 4 is 29.9 Å². The summed E-state index contributed by atoms with van der Waals surface area (Å²) in [4.78, 5) is 25.4. The molecule has 0 aromatic heterocycles. The Balaban J connectivity index is 0.00000264. The molecule has 1 heterocycles. The molecule has 0 radical (unpaired) electrons. The summed E-state index contributed by atoms with van der Waals surface area (Å²) in [6.45, 7) is 1.38. The van der Waals surface area contributed by atoms with E-state index >= 15 is 0 Å². The second kappa shape index (κ2) is 9.50. The number of ether oxygens (including phenoxy) is 1. The zero-order valence-corrected chi connectivity index (χ0v) is 14.1. The Morgan fingerprint density at radius 1 is 1.35 bits per heavy atom. The lowest BCUT2D eigenvalue weighted by atomic mass is 10.1. The highest BCUT2D eigenvalue weighted by atomic mass is 35.5. The molecule has 1 unspecified atom stereocenters. The van der Waals surface area contributed by atoms with Crippen LogP contribution in [0.25, 0.3) is 0 Å². The quantitative estimate of drug-likeness (QED) is 0.814. The van der Waals surface area contributed by atoms with Crippen molar-refractivity contribution in [2.75, 3.05) is 25.2 Å². The number of rotatable bonds is 6. The molecular weight excluding hydrogens is 318 g/mol. The number of anilines is 1. The zero-order chi connectivity index (χ0) is 15.9. The molecule has 3 N–H and O–H groups in total. The minimum Gasteiger partial charge on any atom is -0.383 e. The summed E-state index contributed by atoms with van der Waals surface area (Å²) in [6, 6.07) is 7.01. The third-order valence-electron chi connectivity index (χ3n) is 3.72. The summed E-state index contributed by atoms with van der Waals surface area (Å²) in [5.41, 5.74) is 7.52. The molecule has 1 atom stereocenters. The molecule has 1 aromatic rings. The van der Waals surface area contributed by atoms with Gasteiger partial charge in [0.2, 0.25) is 11.8 Å². The van der Waals surface area contributed by atoms with Crippen LogP contribution in [0, 0.1) is 0 Å². The van der Waals surface area contributed by atoms with Crippen molar-refractivity contribution in [2.24, 2.45) is 5.73 Å². The number of hydrogen-bond donors (Lipinski definition) is 2. The molecule has 0 aliphatic carbocycles. The van der Waals surface area contributed by atoms with Gasteiger partial charge in [0, 0.05) is 32.3 Å². The SMILES string of the molecule is COCC(N)C(=O)NCc1ccc(N2CCCCC2=O)cc1.Cl. The van der Waals surface area contributed by atoms with Crippen LogP contribution in [0.4, 0.5) is 5.69 Å². The van der Waals surface area contributed by atoms with Crippen LogP contribution in [0.2, 0.25) is 0 Å². The molecule has 7 heteroatoms. The second-order valence-electron chi connectivity index (χ2n) is 5.45. The van der Waals surface area contributed by atoms with Gasteiger partial charge in [-0.25, -0.2) is 0 Å². The van der Waals surface area contributed by atoms with Crippen LogP contribution in [0.5, 0.6) is 0 Å². The van der Waals surface area contributed by atoms with Gasteiger partial charge in [0.25, 0.3) is 0 Å². The van der Waals surface area contributed by atoms with E-state index < -0.39 is 6.04 Å². The Hall–Kier alpha value is -1.63. The summed E-state index contributed by atoms with van der Waals surface area (Å²) >= 11 is 0. The Kier molecular flexibility index (Phi) is 8.02. The molecular formula is C16H24ClN3O3. The molecule has 128 valence electrons. The Labute approximate surface area is 142 Å². The number of amides is 2. The van der Waals surface area contributed by atoms with E-state index in [0.717, 1.165) is 30.6 Å². The van der Waals surface area contributed by atoms with Gasteiger partial charge < -0.3 is 20.7 Å². The lowest BCUT2D eigenvalue weighted by Crippen LogP contribution is -2.43. The maximum Gasteiger partial charge on any atom is 0.239 e. The third-order valence-corrected chi connectivity index (χ3v) is 3.72. The largest absolute Gasteiger partial charge is 0.383 e. The van der Waals surface area contributed by atoms with Gasteiger partial charge >= 0.3 is 0 Å². The van der Waals surface area contributed by atoms with Crippen molar-refractivity contribution in [3.05, 3.63) is 29.8 Å². The van der Waals surface area contributed by atoms with Gasteiger partial charge in [0.1, 0.15) is 6.04 Å². The molecule has 0 bridgehead atoms. The average molecular weight is 342 g/mol. The summed E-state index contributed by atoms with van der Waals surface area (Å²) in [7, 11) is 1.51. The van der Waals surface area contributed by atoms with E-state index in [2.05, 4.69) is 5.32 Å². The summed E-state index contributed by atoms with van der Waals surface area (Å²) in [5.74, 6) is -0.0602. The third kappa shape index (κ3) is 5.49. The Morgan fingerprint density at radius 3 is 2.65 bits per heavy atom. The monoisotopic (exact) mass is 341 g/mol. The van der Waals surface area contributed by atoms with Crippen molar-refractivity contribution in [1.29, 1.82) is 0 Å². The molecule has 2 amide bonds. The molecule has 2 rings (SSSR count). The molecule has 1 aromatic carbocycles. The normalized spacial score (nSPS) is 15.7. The van der Waals surface area contributed by atoms with Crippen LogP contribution in [0.15, 0.2) is 24.3 Å². The van der Waals surface area contributed by atoms with Crippen molar-refractivity contribution in [3.63, 3.8) is 0 Å². The lowest BCUT2D eigenvalue weighted by molar-refractivity contribution is -0.123. The number of carbonyl (C=O) groups is 2. The van der Waals surface area contributed by atoms with Crippen LogP contribution in [-0.2, 0) is 20.9 Å². The minimum absolute atomic E-state index is 0. The minimum atomic E-state index is -0.657. The number of halogens is 1. The molecule has 6 nitrogen and oxygen atoms in total. The van der Waals surface area contributed by atoms with E-state index in [1.807, 2.05) is 29.2 Å². The Morgan fingerprint density at radius 2 is 2.04 bits per heavy atom. The van der Waals surface area contributed by atoms with Gasteiger partial charge in [0.15, 0.2) is 0 Å². The van der Waals surface area contributed by atoms with E-state index in [1.54, 1.807) is 0 Å². The van der Waals surface area contributed by atoms with Crippen molar-refractivity contribution in [1.82, 2.24) is 5.32 Å². The average Bonchev–Trinajstić information content (AvgIpc) is 2.54.